The average molecular weight is 301 g/mol. The fourth-order valence-electron chi connectivity index (χ4n) is 1.58. The zero-order chi connectivity index (χ0) is 14.8. The maximum Gasteiger partial charge on any atom is 0.416 e. The van der Waals surface area contributed by atoms with Crippen molar-refractivity contribution in [3.05, 3.63) is 51.7 Å². The summed E-state index contributed by atoms with van der Waals surface area (Å²) in [6.45, 7) is 0.277. The molecule has 0 bridgehead atoms. The van der Waals surface area contributed by atoms with Gasteiger partial charge in [-0.25, -0.2) is 4.79 Å². The molecule has 0 aliphatic heterocycles. The zero-order valence-electron chi connectivity index (χ0n) is 10.1. The predicted octanol–water partition coefficient (Wildman–Crippen LogP) is 4.08. The normalized spacial score (nSPS) is 11.3. The molecule has 3 nitrogen and oxygen atoms in total. The van der Waals surface area contributed by atoms with Crippen LogP contribution in [-0.4, -0.2) is 11.1 Å². The highest BCUT2D eigenvalue weighted by Gasteiger charge is 2.30. The van der Waals surface area contributed by atoms with Crippen molar-refractivity contribution in [2.24, 2.45) is 0 Å². The quantitative estimate of drug-likeness (QED) is 0.894. The molecule has 106 valence electrons. The summed E-state index contributed by atoms with van der Waals surface area (Å²) in [4.78, 5) is 11.4. The van der Waals surface area contributed by atoms with Crippen LogP contribution in [0.4, 0.5) is 18.9 Å². The van der Waals surface area contributed by atoms with Crippen LogP contribution in [0.3, 0.4) is 0 Å². The van der Waals surface area contributed by atoms with E-state index in [9.17, 15) is 18.0 Å². The molecule has 0 saturated heterocycles. The SMILES string of the molecule is O=C(O)c1csc(CNc2cccc(C(F)(F)F)c2)c1. The number of thiophene rings is 1. The highest BCUT2D eigenvalue weighted by atomic mass is 32.1. The summed E-state index contributed by atoms with van der Waals surface area (Å²) < 4.78 is 37.6. The fourth-order valence-corrected chi connectivity index (χ4v) is 2.38. The second-order valence-corrected chi connectivity index (χ2v) is 5.03. The molecule has 1 heterocycles. The summed E-state index contributed by atoms with van der Waals surface area (Å²) >= 11 is 1.24. The Kier molecular flexibility index (Phi) is 3.99. The van der Waals surface area contributed by atoms with Crippen LogP contribution in [-0.2, 0) is 12.7 Å². The number of halogens is 3. The topological polar surface area (TPSA) is 49.3 Å². The zero-order valence-corrected chi connectivity index (χ0v) is 10.9. The van der Waals surface area contributed by atoms with Crippen molar-refractivity contribution in [1.82, 2.24) is 0 Å². The number of anilines is 1. The molecule has 0 radical (unpaired) electrons. The lowest BCUT2D eigenvalue weighted by Gasteiger charge is -2.09. The van der Waals surface area contributed by atoms with E-state index in [1.807, 2.05) is 0 Å². The van der Waals surface area contributed by atoms with Gasteiger partial charge in [0.05, 0.1) is 11.1 Å². The van der Waals surface area contributed by atoms with E-state index in [1.165, 1.54) is 34.9 Å². The summed E-state index contributed by atoms with van der Waals surface area (Å²) in [5.41, 5.74) is -0.208. The molecule has 0 atom stereocenters. The first-order valence-electron chi connectivity index (χ1n) is 5.58. The molecule has 1 aromatic heterocycles. The minimum absolute atomic E-state index is 0.177. The van der Waals surface area contributed by atoms with E-state index in [0.29, 0.717) is 5.69 Å². The highest BCUT2D eigenvalue weighted by Crippen LogP contribution is 2.30. The number of rotatable bonds is 4. The predicted molar refractivity (Wildman–Crippen MR) is 70.0 cm³/mol. The molecule has 0 aliphatic carbocycles. The summed E-state index contributed by atoms with van der Waals surface area (Å²) in [7, 11) is 0. The molecule has 20 heavy (non-hydrogen) atoms. The maximum absolute atomic E-state index is 12.5. The first-order valence-corrected chi connectivity index (χ1v) is 6.46. The van der Waals surface area contributed by atoms with Crippen molar-refractivity contribution in [2.75, 3.05) is 5.32 Å². The van der Waals surface area contributed by atoms with Crippen LogP contribution in [0, 0.1) is 0 Å². The lowest BCUT2D eigenvalue weighted by molar-refractivity contribution is -0.137. The van der Waals surface area contributed by atoms with Crippen LogP contribution in [0.2, 0.25) is 0 Å². The van der Waals surface area contributed by atoms with E-state index < -0.39 is 17.7 Å². The number of carbonyl (C=O) groups is 1. The molecule has 2 rings (SSSR count). The van der Waals surface area contributed by atoms with Gasteiger partial charge in [-0.15, -0.1) is 11.3 Å². The molecule has 7 heteroatoms. The second-order valence-electron chi connectivity index (χ2n) is 4.04. The van der Waals surface area contributed by atoms with Crippen LogP contribution in [0.15, 0.2) is 35.7 Å². The Morgan fingerprint density at radius 1 is 1.30 bits per heavy atom. The Bertz CT molecular complexity index is 622. The summed E-state index contributed by atoms with van der Waals surface area (Å²) in [5, 5.41) is 13.1. The van der Waals surface area contributed by atoms with Crippen molar-refractivity contribution in [1.29, 1.82) is 0 Å². The van der Waals surface area contributed by atoms with Gasteiger partial charge in [0.1, 0.15) is 0 Å². The molecule has 2 N–H and O–H groups in total. The summed E-state index contributed by atoms with van der Waals surface area (Å²) in [5.74, 6) is -1.02. The van der Waals surface area contributed by atoms with Crippen molar-refractivity contribution in [2.45, 2.75) is 12.7 Å². The molecule has 0 aliphatic rings. The number of aromatic carboxylic acids is 1. The Morgan fingerprint density at radius 3 is 2.65 bits per heavy atom. The molecule has 0 saturated carbocycles. The number of alkyl halides is 3. The molecule has 0 unspecified atom stereocenters. The minimum atomic E-state index is -4.38. The van der Waals surface area contributed by atoms with Gasteiger partial charge >= 0.3 is 12.1 Å². The lowest BCUT2D eigenvalue weighted by atomic mass is 10.2. The lowest BCUT2D eigenvalue weighted by Crippen LogP contribution is -2.06. The largest absolute Gasteiger partial charge is 0.478 e. The van der Waals surface area contributed by atoms with Crippen molar-refractivity contribution >= 4 is 23.0 Å². The van der Waals surface area contributed by atoms with Gasteiger partial charge in [0.25, 0.3) is 0 Å². The van der Waals surface area contributed by atoms with Crippen LogP contribution in [0.25, 0.3) is 0 Å². The minimum Gasteiger partial charge on any atom is -0.478 e. The van der Waals surface area contributed by atoms with Gasteiger partial charge in [-0.3, -0.25) is 0 Å². The summed E-state index contributed by atoms with van der Waals surface area (Å²) in [6.07, 6.45) is -4.38. The third-order valence-corrected chi connectivity index (χ3v) is 3.49. The van der Waals surface area contributed by atoms with Crippen LogP contribution < -0.4 is 5.32 Å². The average Bonchev–Trinajstić information content (AvgIpc) is 2.85. The number of carboxylic acid groups (broad SMARTS) is 1. The van der Waals surface area contributed by atoms with Crippen LogP contribution in [0.1, 0.15) is 20.8 Å². The number of hydrogen-bond acceptors (Lipinski definition) is 3. The first-order chi connectivity index (χ1) is 9.36. The van der Waals surface area contributed by atoms with Gasteiger partial charge in [0.15, 0.2) is 0 Å². The monoisotopic (exact) mass is 301 g/mol. The van der Waals surface area contributed by atoms with Crippen molar-refractivity contribution in [3.8, 4) is 0 Å². The molecular formula is C13H10F3NO2S. The second kappa shape index (κ2) is 5.54. The Morgan fingerprint density at radius 2 is 2.05 bits per heavy atom. The van der Waals surface area contributed by atoms with E-state index in [1.54, 1.807) is 0 Å². The summed E-state index contributed by atoms with van der Waals surface area (Å²) in [6, 6.07) is 6.36. The molecule has 0 amide bonds. The fraction of sp³-hybridized carbons (Fsp3) is 0.154. The van der Waals surface area contributed by atoms with Gasteiger partial charge in [0.2, 0.25) is 0 Å². The van der Waals surface area contributed by atoms with Crippen LogP contribution in [0.5, 0.6) is 0 Å². The van der Waals surface area contributed by atoms with Crippen LogP contribution >= 0.6 is 11.3 Å². The standard InChI is InChI=1S/C13H10F3NO2S/c14-13(15,16)9-2-1-3-10(5-9)17-6-11-4-8(7-20-11)12(18)19/h1-5,7,17H,6H2,(H,18,19). The van der Waals surface area contributed by atoms with E-state index in [-0.39, 0.29) is 12.1 Å². The highest BCUT2D eigenvalue weighted by molar-refractivity contribution is 7.10. The van der Waals surface area contributed by atoms with Gasteiger partial charge in [-0.2, -0.15) is 13.2 Å². The number of nitrogens with one attached hydrogen (secondary N) is 1. The van der Waals surface area contributed by atoms with E-state index in [0.717, 1.165) is 17.0 Å². The molecule has 0 spiro atoms. The number of benzene rings is 1. The number of carboxylic acids is 1. The van der Waals surface area contributed by atoms with Gasteiger partial charge in [0, 0.05) is 22.5 Å². The van der Waals surface area contributed by atoms with Gasteiger partial charge in [-0.1, -0.05) is 6.07 Å². The third kappa shape index (κ3) is 3.51. The van der Waals surface area contributed by atoms with E-state index in [4.69, 9.17) is 5.11 Å². The Hall–Kier alpha value is -2.02. The van der Waals surface area contributed by atoms with E-state index >= 15 is 0 Å². The Labute approximate surface area is 116 Å². The van der Waals surface area contributed by atoms with Gasteiger partial charge < -0.3 is 10.4 Å². The Balaban J connectivity index is 2.05. The molecule has 1 aromatic carbocycles. The third-order valence-electron chi connectivity index (χ3n) is 2.56. The van der Waals surface area contributed by atoms with Gasteiger partial charge in [-0.05, 0) is 24.3 Å². The molecule has 0 fully saturated rings. The first kappa shape index (κ1) is 14.4. The smallest absolute Gasteiger partial charge is 0.416 e. The van der Waals surface area contributed by atoms with E-state index in [2.05, 4.69) is 5.32 Å². The molecular weight excluding hydrogens is 291 g/mol. The molecule has 2 aromatic rings. The van der Waals surface area contributed by atoms with Crippen molar-refractivity contribution in [3.63, 3.8) is 0 Å². The number of hydrogen-bond donors (Lipinski definition) is 2. The maximum atomic E-state index is 12.5. The van der Waals surface area contributed by atoms with Crippen molar-refractivity contribution < 1.29 is 23.1 Å².